The molecule has 2 N–H and O–H groups in total. The number of rotatable bonds is 3. The number of nitrogens with two attached hydrogens (primary N) is 1. The van der Waals surface area contributed by atoms with Crippen molar-refractivity contribution >= 4 is 11.0 Å². The van der Waals surface area contributed by atoms with Crippen LogP contribution in [0.15, 0.2) is 34.9 Å². The van der Waals surface area contributed by atoms with Gasteiger partial charge in [0, 0.05) is 35.7 Å². The summed E-state index contributed by atoms with van der Waals surface area (Å²) in [6, 6.07) is 8.06. The van der Waals surface area contributed by atoms with E-state index in [1.54, 1.807) is 0 Å². The van der Waals surface area contributed by atoms with E-state index in [9.17, 15) is 0 Å². The maximum Gasteiger partial charge on any atom is 0.134 e. The molecule has 0 saturated heterocycles. The van der Waals surface area contributed by atoms with E-state index in [0.717, 1.165) is 39.9 Å². The minimum absolute atomic E-state index is 0.613. The first-order chi connectivity index (χ1) is 9.22. The number of benzene rings is 1. The molecule has 2 aromatic heterocycles. The SMILES string of the molecule is Cc1nn(C)c(CCN)c1-c1coc2ccccc12. The molecule has 2 heterocycles. The molecule has 19 heavy (non-hydrogen) atoms. The summed E-state index contributed by atoms with van der Waals surface area (Å²) in [5.74, 6) is 0. The third kappa shape index (κ3) is 1.85. The second-order valence-corrected chi connectivity index (χ2v) is 4.71. The molecule has 3 aromatic rings. The molecule has 0 amide bonds. The van der Waals surface area contributed by atoms with Crippen LogP contribution in [0.4, 0.5) is 0 Å². The third-order valence-electron chi connectivity index (χ3n) is 3.47. The minimum Gasteiger partial charge on any atom is -0.464 e. The molecule has 1 aromatic carbocycles. The van der Waals surface area contributed by atoms with Gasteiger partial charge in [-0.2, -0.15) is 5.10 Å². The van der Waals surface area contributed by atoms with Crippen LogP contribution in [0.3, 0.4) is 0 Å². The summed E-state index contributed by atoms with van der Waals surface area (Å²) in [5.41, 5.74) is 11.0. The lowest BCUT2D eigenvalue weighted by Gasteiger charge is -2.04. The minimum atomic E-state index is 0.613. The second kappa shape index (κ2) is 4.55. The number of hydrogen-bond acceptors (Lipinski definition) is 3. The van der Waals surface area contributed by atoms with Gasteiger partial charge in [0.1, 0.15) is 5.58 Å². The lowest BCUT2D eigenvalue weighted by molar-refractivity contribution is 0.617. The van der Waals surface area contributed by atoms with Crippen LogP contribution in [-0.4, -0.2) is 16.3 Å². The largest absolute Gasteiger partial charge is 0.464 e. The van der Waals surface area contributed by atoms with Crippen molar-refractivity contribution < 1.29 is 4.42 Å². The number of fused-ring (bicyclic) bond motifs is 1. The number of furan rings is 1. The predicted octanol–water partition coefficient (Wildman–Crippen LogP) is 2.64. The fraction of sp³-hybridized carbons (Fsp3) is 0.267. The van der Waals surface area contributed by atoms with Gasteiger partial charge < -0.3 is 10.2 Å². The summed E-state index contributed by atoms with van der Waals surface area (Å²) in [5, 5.41) is 5.63. The zero-order chi connectivity index (χ0) is 13.4. The third-order valence-corrected chi connectivity index (χ3v) is 3.47. The van der Waals surface area contributed by atoms with Crippen LogP contribution in [0, 0.1) is 6.92 Å². The highest BCUT2D eigenvalue weighted by molar-refractivity contribution is 5.95. The average molecular weight is 255 g/mol. The van der Waals surface area contributed by atoms with Crippen molar-refractivity contribution in [2.75, 3.05) is 6.54 Å². The first-order valence-electron chi connectivity index (χ1n) is 6.41. The molecule has 0 fully saturated rings. The summed E-state index contributed by atoms with van der Waals surface area (Å²) >= 11 is 0. The van der Waals surface area contributed by atoms with E-state index >= 15 is 0 Å². The summed E-state index contributed by atoms with van der Waals surface area (Å²) in [6.45, 7) is 2.64. The van der Waals surface area contributed by atoms with Crippen molar-refractivity contribution in [3.8, 4) is 11.1 Å². The first-order valence-corrected chi connectivity index (χ1v) is 6.41. The van der Waals surface area contributed by atoms with Crippen molar-refractivity contribution in [1.29, 1.82) is 0 Å². The maximum absolute atomic E-state index is 5.71. The van der Waals surface area contributed by atoms with E-state index in [-0.39, 0.29) is 0 Å². The summed E-state index contributed by atoms with van der Waals surface area (Å²) in [6.07, 6.45) is 2.63. The average Bonchev–Trinajstić information content (AvgIpc) is 2.92. The second-order valence-electron chi connectivity index (χ2n) is 4.71. The van der Waals surface area contributed by atoms with Crippen LogP contribution in [0.1, 0.15) is 11.4 Å². The fourth-order valence-corrected chi connectivity index (χ4v) is 2.65. The number of hydrogen-bond donors (Lipinski definition) is 1. The van der Waals surface area contributed by atoms with Crippen molar-refractivity contribution in [3.05, 3.63) is 41.9 Å². The summed E-state index contributed by atoms with van der Waals surface area (Å²) in [4.78, 5) is 0. The van der Waals surface area contributed by atoms with Crippen molar-refractivity contribution in [2.45, 2.75) is 13.3 Å². The summed E-state index contributed by atoms with van der Waals surface area (Å²) < 4.78 is 7.55. The van der Waals surface area contributed by atoms with E-state index in [4.69, 9.17) is 10.2 Å². The monoisotopic (exact) mass is 255 g/mol. The summed E-state index contributed by atoms with van der Waals surface area (Å²) in [7, 11) is 1.96. The standard InChI is InChI=1S/C15H17N3O/c1-10-15(13(7-8-16)18(2)17-10)12-9-19-14-6-4-3-5-11(12)14/h3-6,9H,7-8,16H2,1-2H3. The highest BCUT2D eigenvalue weighted by Gasteiger charge is 2.18. The highest BCUT2D eigenvalue weighted by Crippen LogP contribution is 2.34. The van der Waals surface area contributed by atoms with Crippen LogP contribution in [0.5, 0.6) is 0 Å². The zero-order valence-corrected chi connectivity index (χ0v) is 11.2. The van der Waals surface area contributed by atoms with Gasteiger partial charge in [-0.1, -0.05) is 18.2 Å². The lowest BCUT2D eigenvalue weighted by atomic mass is 10.0. The molecular weight excluding hydrogens is 238 g/mol. The topological polar surface area (TPSA) is 57.0 Å². The van der Waals surface area contributed by atoms with Crippen molar-refractivity contribution in [3.63, 3.8) is 0 Å². The van der Waals surface area contributed by atoms with Crippen molar-refractivity contribution in [2.24, 2.45) is 12.8 Å². The Morgan fingerprint density at radius 1 is 1.32 bits per heavy atom. The van der Waals surface area contributed by atoms with Crippen LogP contribution in [0.25, 0.3) is 22.1 Å². The van der Waals surface area contributed by atoms with E-state index in [0.29, 0.717) is 6.54 Å². The molecule has 4 heteroatoms. The normalized spacial score (nSPS) is 11.3. The van der Waals surface area contributed by atoms with Crippen LogP contribution in [0.2, 0.25) is 0 Å². The van der Waals surface area contributed by atoms with E-state index < -0.39 is 0 Å². The van der Waals surface area contributed by atoms with Gasteiger partial charge in [-0.15, -0.1) is 0 Å². The van der Waals surface area contributed by atoms with E-state index in [1.807, 2.05) is 43.1 Å². The Balaban J connectivity index is 2.26. The van der Waals surface area contributed by atoms with Gasteiger partial charge in [-0.25, -0.2) is 0 Å². The number of aromatic nitrogens is 2. The zero-order valence-electron chi connectivity index (χ0n) is 11.2. The molecular formula is C15H17N3O. The molecule has 4 nitrogen and oxygen atoms in total. The molecule has 0 aliphatic rings. The van der Waals surface area contributed by atoms with Gasteiger partial charge in [0.2, 0.25) is 0 Å². The molecule has 98 valence electrons. The quantitative estimate of drug-likeness (QED) is 0.782. The molecule has 0 aliphatic heterocycles. The van der Waals surface area contributed by atoms with Crippen molar-refractivity contribution in [1.82, 2.24) is 9.78 Å². The molecule has 3 rings (SSSR count). The Morgan fingerprint density at radius 2 is 2.11 bits per heavy atom. The van der Waals surface area contributed by atoms with E-state index in [2.05, 4.69) is 11.2 Å². The van der Waals surface area contributed by atoms with Crippen LogP contribution in [-0.2, 0) is 13.5 Å². The Kier molecular flexibility index (Phi) is 2.87. The number of aryl methyl sites for hydroxylation is 2. The van der Waals surface area contributed by atoms with Gasteiger partial charge in [-0.3, -0.25) is 4.68 Å². The molecule has 0 bridgehead atoms. The molecule has 0 spiro atoms. The van der Waals surface area contributed by atoms with Gasteiger partial charge in [0.15, 0.2) is 0 Å². The lowest BCUT2D eigenvalue weighted by Crippen LogP contribution is -2.08. The Labute approximate surface area is 111 Å². The van der Waals surface area contributed by atoms with Crippen LogP contribution < -0.4 is 5.73 Å². The maximum atomic E-state index is 5.71. The Morgan fingerprint density at radius 3 is 2.89 bits per heavy atom. The molecule has 0 saturated carbocycles. The number of para-hydroxylation sites is 1. The van der Waals surface area contributed by atoms with Gasteiger partial charge in [-0.05, 0) is 19.5 Å². The van der Waals surface area contributed by atoms with E-state index in [1.165, 1.54) is 0 Å². The fourth-order valence-electron chi connectivity index (χ4n) is 2.65. The predicted molar refractivity (Wildman–Crippen MR) is 75.9 cm³/mol. The molecule has 0 aliphatic carbocycles. The molecule has 0 radical (unpaired) electrons. The van der Waals surface area contributed by atoms with Crippen LogP contribution >= 0.6 is 0 Å². The van der Waals surface area contributed by atoms with Gasteiger partial charge >= 0.3 is 0 Å². The number of nitrogens with zero attached hydrogens (tertiary/aromatic N) is 2. The highest BCUT2D eigenvalue weighted by atomic mass is 16.3. The Hall–Kier alpha value is -2.07. The Bertz CT molecular complexity index is 724. The van der Waals surface area contributed by atoms with Gasteiger partial charge in [0.25, 0.3) is 0 Å². The van der Waals surface area contributed by atoms with Gasteiger partial charge in [0.05, 0.1) is 12.0 Å². The molecule has 0 atom stereocenters. The smallest absolute Gasteiger partial charge is 0.134 e. The molecule has 0 unspecified atom stereocenters. The first kappa shape index (κ1) is 12.0.